The molecule has 0 aliphatic carbocycles. The molecular weight excluding hydrogens is 296 g/mol. The standard InChI is InChI=1S/C17H16N4.ClH/c1-21(17(18)20-16-11-4-5-12-19-16)15-10-6-8-13-7-2-3-9-14(13)15;/h2-12H,1H3,(H2,18,19,20);1H. The monoisotopic (exact) mass is 312 g/mol. The SMILES string of the molecule is CN(C(N)=Nc1ccccn1)c1cccc2ccccc12.Cl. The molecule has 1 heterocycles. The van der Waals surface area contributed by atoms with Gasteiger partial charge in [0.15, 0.2) is 5.82 Å². The van der Waals surface area contributed by atoms with Crippen molar-refractivity contribution in [2.75, 3.05) is 11.9 Å². The Bertz CT molecular complexity index is 782. The second-order valence-corrected chi connectivity index (χ2v) is 4.72. The van der Waals surface area contributed by atoms with Crippen molar-refractivity contribution >= 4 is 40.6 Å². The van der Waals surface area contributed by atoms with Crippen molar-refractivity contribution in [1.29, 1.82) is 0 Å². The third-order valence-electron chi connectivity index (χ3n) is 3.35. The first kappa shape index (κ1) is 15.8. The van der Waals surface area contributed by atoms with Crippen LogP contribution >= 0.6 is 12.4 Å². The molecule has 0 fully saturated rings. The summed E-state index contributed by atoms with van der Waals surface area (Å²) in [4.78, 5) is 10.4. The highest BCUT2D eigenvalue weighted by Gasteiger charge is 2.09. The molecular formula is C17H17ClN4. The van der Waals surface area contributed by atoms with Crippen LogP contribution in [0.1, 0.15) is 0 Å². The Balaban J connectivity index is 0.00000176. The van der Waals surface area contributed by atoms with E-state index in [1.54, 1.807) is 6.20 Å². The number of halogens is 1. The zero-order valence-electron chi connectivity index (χ0n) is 12.2. The lowest BCUT2D eigenvalue weighted by Crippen LogP contribution is -2.33. The molecule has 2 N–H and O–H groups in total. The van der Waals surface area contributed by atoms with E-state index in [2.05, 4.69) is 28.2 Å². The third kappa shape index (κ3) is 3.18. The molecule has 0 saturated carbocycles. The Labute approximate surface area is 135 Å². The largest absolute Gasteiger partial charge is 0.369 e. The summed E-state index contributed by atoms with van der Waals surface area (Å²) in [6, 6.07) is 19.9. The summed E-state index contributed by atoms with van der Waals surface area (Å²) in [5, 5.41) is 2.31. The van der Waals surface area contributed by atoms with Gasteiger partial charge in [0, 0.05) is 18.6 Å². The maximum absolute atomic E-state index is 6.11. The lowest BCUT2D eigenvalue weighted by molar-refractivity contribution is 1.20. The average molecular weight is 313 g/mol. The molecule has 3 aromatic rings. The number of aromatic nitrogens is 1. The van der Waals surface area contributed by atoms with Crippen molar-refractivity contribution in [2.45, 2.75) is 0 Å². The van der Waals surface area contributed by atoms with Gasteiger partial charge in [0.05, 0.1) is 5.69 Å². The minimum atomic E-state index is 0. The number of hydrogen-bond acceptors (Lipinski definition) is 2. The van der Waals surface area contributed by atoms with E-state index in [0.717, 1.165) is 11.1 Å². The van der Waals surface area contributed by atoms with Crippen LogP contribution in [0.5, 0.6) is 0 Å². The Hall–Kier alpha value is -2.59. The molecule has 0 saturated heterocycles. The van der Waals surface area contributed by atoms with Crippen molar-refractivity contribution in [1.82, 2.24) is 4.98 Å². The predicted molar refractivity (Wildman–Crippen MR) is 95.1 cm³/mol. The summed E-state index contributed by atoms with van der Waals surface area (Å²) >= 11 is 0. The van der Waals surface area contributed by atoms with Crippen molar-refractivity contribution in [3.63, 3.8) is 0 Å². The zero-order valence-corrected chi connectivity index (χ0v) is 13.0. The van der Waals surface area contributed by atoms with Gasteiger partial charge in [-0.3, -0.25) is 0 Å². The first-order valence-corrected chi connectivity index (χ1v) is 6.72. The number of anilines is 1. The molecule has 1 aromatic heterocycles. The van der Waals surface area contributed by atoms with Crippen LogP contribution in [0.2, 0.25) is 0 Å². The van der Waals surface area contributed by atoms with E-state index in [1.165, 1.54) is 5.39 Å². The van der Waals surface area contributed by atoms with Gasteiger partial charge >= 0.3 is 0 Å². The fourth-order valence-electron chi connectivity index (χ4n) is 2.24. The Kier molecular flexibility index (Phi) is 4.96. The van der Waals surface area contributed by atoms with E-state index >= 15 is 0 Å². The van der Waals surface area contributed by atoms with Gasteiger partial charge in [-0.1, -0.05) is 42.5 Å². The van der Waals surface area contributed by atoms with Crippen molar-refractivity contribution < 1.29 is 0 Å². The van der Waals surface area contributed by atoms with Gasteiger partial charge in [0.1, 0.15) is 0 Å². The van der Waals surface area contributed by atoms with Crippen LogP contribution in [-0.2, 0) is 0 Å². The van der Waals surface area contributed by atoms with Crippen LogP contribution in [0.3, 0.4) is 0 Å². The molecule has 0 aliphatic rings. The molecule has 5 heteroatoms. The molecule has 0 spiro atoms. The van der Waals surface area contributed by atoms with Gasteiger partial charge in [-0.25, -0.2) is 4.98 Å². The van der Waals surface area contributed by atoms with Crippen LogP contribution in [0, 0.1) is 0 Å². The number of benzene rings is 2. The Morgan fingerprint density at radius 2 is 1.73 bits per heavy atom. The fourth-order valence-corrected chi connectivity index (χ4v) is 2.24. The highest BCUT2D eigenvalue weighted by molar-refractivity contribution is 6.04. The molecule has 0 radical (unpaired) electrons. The lowest BCUT2D eigenvalue weighted by atomic mass is 10.1. The highest BCUT2D eigenvalue weighted by Crippen LogP contribution is 2.25. The molecule has 112 valence electrons. The Morgan fingerprint density at radius 1 is 1.00 bits per heavy atom. The van der Waals surface area contributed by atoms with Crippen LogP contribution in [0.15, 0.2) is 71.9 Å². The minimum Gasteiger partial charge on any atom is -0.369 e. The smallest absolute Gasteiger partial charge is 0.202 e. The van der Waals surface area contributed by atoms with Crippen molar-refractivity contribution in [3.8, 4) is 0 Å². The maximum Gasteiger partial charge on any atom is 0.202 e. The van der Waals surface area contributed by atoms with E-state index in [0.29, 0.717) is 11.8 Å². The fraction of sp³-hybridized carbons (Fsp3) is 0.0588. The lowest BCUT2D eigenvalue weighted by Gasteiger charge is -2.20. The molecule has 22 heavy (non-hydrogen) atoms. The highest BCUT2D eigenvalue weighted by atomic mass is 35.5. The summed E-state index contributed by atoms with van der Waals surface area (Å²) < 4.78 is 0. The quantitative estimate of drug-likeness (QED) is 0.579. The van der Waals surface area contributed by atoms with Crippen LogP contribution in [0.25, 0.3) is 10.8 Å². The number of pyridine rings is 1. The molecule has 3 rings (SSSR count). The van der Waals surface area contributed by atoms with E-state index in [1.807, 2.05) is 54.4 Å². The van der Waals surface area contributed by atoms with Gasteiger partial charge in [0.25, 0.3) is 0 Å². The molecule has 0 aliphatic heterocycles. The summed E-state index contributed by atoms with van der Waals surface area (Å²) in [6.45, 7) is 0. The third-order valence-corrected chi connectivity index (χ3v) is 3.35. The molecule has 4 nitrogen and oxygen atoms in total. The molecule has 0 bridgehead atoms. The predicted octanol–water partition coefficient (Wildman–Crippen LogP) is 3.74. The van der Waals surface area contributed by atoms with Gasteiger partial charge in [0.2, 0.25) is 5.96 Å². The summed E-state index contributed by atoms with van der Waals surface area (Å²) in [5.41, 5.74) is 7.13. The second-order valence-electron chi connectivity index (χ2n) is 4.72. The number of nitrogens with two attached hydrogens (primary N) is 1. The maximum atomic E-state index is 6.11. The minimum absolute atomic E-state index is 0. The molecule has 0 unspecified atom stereocenters. The van der Waals surface area contributed by atoms with E-state index in [-0.39, 0.29) is 12.4 Å². The first-order valence-electron chi connectivity index (χ1n) is 6.72. The average Bonchev–Trinajstić information content (AvgIpc) is 2.54. The number of fused-ring (bicyclic) bond motifs is 1. The second kappa shape index (κ2) is 6.91. The summed E-state index contributed by atoms with van der Waals surface area (Å²) in [6.07, 6.45) is 1.70. The summed E-state index contributed by atoms with van der Waals surface area (Å²) in [7, 11) is 1.91. The molecule has 2 aromatic carbocycles. The molecule has 0 amide bonds. The first-order chi connectivity index (χ1) is 10.3. The number of nitrogens with zero attached hydrogens (tertiary/aromatic N) is 3. The van der Waals surface area contributed by atoms with Gasteiger partial charge in [-0.05, 0) is 23.6 Å². The van der Waals surface area contributed by atoms with Crippen LogP contribution in [0.4, 0.5) is 11.5 Å². The van der Waals surface area contributed by atoms with Gasteiger partial charge in [-0.2, -0.15) is 4.99 Å². The number of hydrogen-bond donors (Lipinski definition) is 1. The topological polar surface area (TPSA) is 54.5 Å². The van der Waals surface area contributed by atoms with Crippen molar-refractivity contribution in [3.05, 3.63) is 66.9 Å². The van der Waals surface area contributed by atoms with Crippen LogP contribution < -0.4 is 10.6 Å². The number of guanidine groups is 1. The van der Waals surface area contributed by atoms with E-state index in [4.69, 9.17) is 5.73 Å². The Morgan fingerprint density at radius 3 is 2.50 bits per heavy atom. The molecule has 0 atom stereocenters. The normalized spacial score (nSPS) is 11.0. The van der Waals surface area contributed by atoms with Gasteiger partial charge in [-0.15, -0.1) is 12.4 Å². The number of aliphatic imine (C=N–C) groups is 1. The van der Waals surface area contributed by atoms with Crippen LogP contribution in [-0.4, -0.2) is 18.0 Å². The number of rotatable bonds is 2. The van der Waals surface area contributed by atoms with E-state index in [9.17, 15) is 0 Å². The zero-order chi connectivity index (χ0) is 14.7. The van der Waals surface area contributed by atoms with Gasteiger partial charge < -0.3 is 10.6 Å². The summed E-state index contributed by atoms with van der Waals surface area (Å²) in [5.74, 6) is 1.01. The van der Waals surface area contributed by atoms with Crippen molar-refractivity contribution in [2.24, 2.45) is 10.7 Å². The van der Waals surface area contributed by atoms with E-state index < -0.39 is 0 Å².